The summed E-state index contributed by atoms with van der Waals surface area (Å²) in [5.41, 5.74) is 7.87. The summed E-state index contributed by atoms with van der Waals surface area (Å²) in [4.78, 5) is 0. The van der Waals surface area contributed by atoms with Gasteiger partial charge in [0.2, 0.25) is 0 Å². The lowest BCUT2D eigenvalue weighted by Crippen LogP contribution is -2.04. The second-order valence-electron chi connectivity index (χ2n) is 3.23. The molecule has 2 N–H and O–H groups in total. The summed E-state index contributed by atoms with van der Waals surface area (Å²) >= 11 is 0. The molecule has 0 aliphatic carbocycles. The van der Waals surface area contributed by atoms with Crippen LogP contribution in [0.15, 0.2) is 6.20 Å². The molecule has 1 heterocycles. The Morgan fingerprint density at radius 3 is 2.58 bits per heavy atom. The van der Waals surface area contributed by atoms with Crippen LogP contribution in [0.1, 0.15) is 38.1 Å². The highest BCUT2D eigenvalue weighted by molar-refractivity contribution is 5.16. The van der Waals surface area contributed by atoms with Crippen LogP contribution in [0.2, 0.25) is 0 Å². The zero-order valence-electron chi connectivity index (χ0n) is 8.04. The normalized spacial score (nSPS) is 11.1. The fraction of sp³-hybridized carbons (Fsp3) is 0.667. The van der Waals surface area contributed by atoms with E-state index < -0.39 is 0 Å². The van der Waals surface area contributed by atoms with Gasteiger partial charge in [-0.2, -0.15) is 5.10 Å². The maximum atomic E-state index is 5.56. The Balaban J connectivity index is 2.97. The molecule has 1 aromatic rings. The lowest BCUT2D eigenvalue weighted by molar-refractivity contribution is 0.526. The molecular weight excluding hydrogens is 150 g/mol. The fourth-order valence-electron chi connectivity index (χ4n) is 1.20. The summed E-state index contributed by atoms with van der Waals surface area (Å²) in [6, 6.07) is 0.426. The number of aromatic nitrogens is 2. The fourth-order valence-corrected chi connectivity index (χ4v) is 1.20. The van der Waals surface area contributed by atoms with Gasteiger partial charge in [0, 0.05) is 18.8 Å². The molecule has 0 spiro atoms. The van der Waals surface area contributed by atoms with Gasteiger partial charge in [-0.25, -0.2) is 0 Å². The van der Waals surface area contributed by atoms with Crippen LogP contribution >= 0.6 is 0 Å². The van der Waals surface area contributed by atoms with Crippen molar-refractivity contribution in [3.63, 3.8) is 0 Å². The Kier molecular flexibility index (Phi) is 2.87. The molecule has 1 rings (SSSR count). The van der Waals surface area contributed by atoms with Gasteiger partial charge in [0.1, 0.15) is 0 Å². The third kappa shape index (κ3) is 1.67. The summed E-state index contributed by atoms with van der Waals surface area (Å²) in [5, 5.41) is 4.39. The SMILES string of the molecule is CCc1cn(C(C)C)nc1CN. The lowest BCUT2D eigenvalue weighted by atomic mass is 10.2. The monoisotopic (exact) mass is 167 g/mol. The number of hydrogen-bond acceptors (Lipinski definition) is 2. The van der Waals surface area contributed by atoms with Crippen molar-refractivity contribution in [1.82, 2.24) is 9.78 Å². The number of nitrogens with zero attached hydrogens (tertiary/aromatic N) is 2. The molecule has 0 saturated heterocycles. The van der Waals surface area contributed by atoms with E-state index >= 15 is 0 Å². The van der Waals surface area contributed by atoms with Crippen molar-refractivity contribution in [2.45, 2.75) is 39.8 Å². The summed E-state index contributed by atoms with van der Waals surface area (Å²) in [6.07, 6.45) is 3.10. The summed E-state index contributed by atoms with van der Waals surface area (Å²) in [6.45, 7) is 6.91. The van der Waals surface area contributed by atoms with Crippen LogP contribution in [0.3, 0.4) is 0 Å². The van der Waals surface area contributed by atoms with Crippen molar-refractivity contribution in [2.24, 2.45) is 5.73 Å². The lowest BCUT2D eigenvalue weighted by Gasteiger charge is -2.02. The molecule has 3 nitrogen and oxygen atoms in total. The van der Waals surface area contributed by atoms with Crippen molar-refractivity contribution in [3.05, 3.63) is 17.5 Å². The van der Waals surface area contributed by atoms with E-state index in [-0.39, 0.29) is 0 Å². The van der Waals surface area contributed by atoms with Crippen molar-refractivity contribution in [2.75, 3.05) is 0 Å². The third-order valence-corrected chi connectivity index (χ3v) is 2.00. The maximum absolute atomic E-state index is 5.56. The molecule has 0 aromatic carbocycles. The number of aryl methyl sites for hydroxylation is 1. The van der Waals surface area contributed by atoms with Gasteiger partial charge in [0.05, 0.1) is 5.69 Å². The molecule has 0 aliphatic heterocycles. The van der Waals surface area contributed by atoms with Gasteiger partial charge in [-0.05, 0) is 25.8 Å². The van der Waals surface area contributed by atoms with E-state index in [0.29, 0.717) is 12.6 Å². The van der Waals surface area contributed by atoms with Crippen LogP contribution in [0.5, 0.6) is 0 Å². The van der Waals surface area contributed by atoms with E-state index in [2.05, 4.69) is 32.1 Å². The van der Waals surface area contributed by atoms with Crippen molar-refractivity contribution < 1.29 is 0 Å². The molecule has 0 aliphatic rings. The largest absolute Gasteiger partial charge is 0.325 e. The van der Waals surface area contributed by atoms with E-state index in [1.807, 2.05) is 4.68 Å². The van der Waals surface area contributed by atoms with Crippen LogP contribution < -0.4 is 5.73 Å². The molecule has 0 bridgehead atoms. The predicted molar refractivity (Wildman–Crippen MR) is 49.9 cm³/mol. The first-order chi connectivity index (χ1) is 5.69. The molecule has 0 amide bonds. The number of rotatable bonds is 3. The predicted octanol–water partition coefficient (Wildman–Crippen LogP) is 1.49. The topological polar surface area (TPSA) is 43.8 Å². The smallest absolute Gasteiger partial charge is 0.0792 e. The average Bonchev–Trinajstić information content (AvgIpc) is 2.46. The molecule has 12 heavy (non-hydrogen) atoms. The molecule has 68 valence electrons. The Morgan fingerprint density at radius 1 is 1.58 bits per heavy atom. The zero-order chi connectivity index (χ0) is 9.14. The minimum absolute atomic E-state index is 0.426. The van der Waals surface area contributed by atoms with Gasteiger partial charge in [0.15, 0.2) is 0 Å². The first-order valence-electron chi connectivity index (χ1n) is 4.46. The summed E-state index contributed by atoms with van der Waals surface area (Å²) in [5.74, 6) is 0. The van der Waals surface area contributed by atoms with Gasteiger partial charge in [-0.15, -0.1) is 0 Å². The number of hydrogen-bond donors (Lipinski definition) is 1. The van der Waals surface area contributed by atoms with Crippen LogP contribution in [0, 0.1) is 0 Å². The van der Waals surface area contributed by atoms with Crippen LogP contribution in [-0.2, 0) is 13.0 Å². The summed E-state index contributed by atoms with van der Waals surface area (Å²) < 4.78 is 1.97. The molecule has 3 heteroatoms. The zero-order valence-corrected chi connectivity index (χ0v) is 8.04. The van der Waals surface area contributed by atoms with E-state index in [4.69, 9.17) is 5.73 Å². The first kappa shape index (κ1) is 9.26. The highest BCUT2D eigenvalue weighted by Crippen LogP contribution is 2.11. The number of nitrogens with two attached hydrogens (primary N) is 1. The van der Waals surface area contributed by atoms with Gasteiger partial charge in [-0.1, -0.05) is 6.92 Å². The van der Waals surface area contributed by atoms with Gasteiger partial charge >= 0.3 is 0 Å². The van der Waals surface area contributed by atoms with E-state index in [1.54, 1.807) is 0 Å². The quantitative estimate of drug-likeness (QED) is 0.741. The molecule has 0 saturated carbocycles. The molecule has 0 unspecified atom stereocenters. The van der Waals surface area contributed by atoms with Crippen LogP contribution in [0.25, 0.3) is 0 Å². The van der Waals surface area contributed by atoms with E-state index in [0.717, 1.165) is 12.1 Å². The van der Waals surface area contributed by atoms with Crippen molar-refractivity contribution in [3.8, 4) is 0 Å². The molecule has 0 fully saturated rings. The minimum Gasteiger partial charge on any atom is -0.325 e. The molecular formula is C9H17N3. The van der Waals surface area contributed by atoms with Gasteiger partial charge in [0.25, 0.3) is 0 Å². The Morgan fingerprint density at radius 2 is 2.25 bits per heavy atom. The molecule has 0 atom stereocenters. The Hall–Kier alpha value is -0.830. The standard InChI is InChI=1S/C9H17N3/c1-4-8-6-12(7(2)3)11-9(8)5-10/h6-7H,4-5,10H2,1-3H3. The van der Waals surface area contributed by atoms with E-state index in [1.165, 1.54) is 5.56 Å². The van der Waals surface area contributed by atoms with Crippen LogP contribution in [-0.4, -0.2) is 9.78 Å². The average molecular weight is 167 g/mol. The molecule has 1 aromatic heterocycles. The second kappa shape index (κ2) is 3.72. The first-order valence-corrected chi connectivity index (χ1v) is 4.46. The van der Waals surface area contributed by atoms with E-state index in [9.17, 15) is 0 Å². The van der Waals surface area contributed by atoms with Crippen LogP contribution in [0.4, 0.5) is 0 Å². The second-order valence-corrected chi connectivity index (χ2v) is 3.23. The Labute approximate surface area is 73.6 Å². The summed E-state index contributed by atoms with van der Waals surface area (Å²) in [7, 11) is 0. The molecule has 0 radical (unpaired) electrons. The highest BCUT2D eigenvalue weighted by atomic mass is 15.3. The van der Waals surface area contributed by atoms with Gasteiger partial charge < -0.3 is 5.73 Å². The van der Waals surface area contributed by atoms with Gasteiger partial charge in [-0.3, -0.25) is 4.68 Å². The van der Waals surface area contributed by atoms with Crippen molar-refractivity contribution >= 4 is 0 Å². The van der Waals surface area contributed by atoms with Crippen molar-refractivity contribution in [1.29, 1.82) is 0 Å². The third-order valence-electron chi connectivity index (χ3n) is 2.00. The Bertz CT molecular complexity index is 229. The highest BCUT2D eigenvalue weighted by Gasteiger charge is 2.06. The maximum Gasteiger partial charge on any atom is 0.0792 e. The minimum atomic E-state index is 0.426.